The van der Waals surface area contributed by atoms with E-state index in [0.29, 0.717) is 6.01 Å². The molecule has 0 aliphatic heterocycles. The molecule has 0 amide bonds. The van der Waals surface area contributed by atoms with E-state index in [1.165, 1.54) is 6.26 Å². The molecule has 0 unspecified atom stereocenters. The Bertz CT molecular complexity index is 257. The molecule has 0 aliphatic rings. The standard InChI is InChI=1S/C6H5N3O.Na.H/c1-3-9(5-7-1)6-8-2-4-10-6;;/h1-5H;;. The Morgan fingerprint density at radius 1 is 1.36 bits per heavy atom. The third kappa shape index (κ3) is 1.71. The third-order valence-electron chi connectivity index (χ3n) is 1.14. The minimum atomic E-state index is 0. The van der Waals surface area contributed by atoms with Crippen molar-refractivity contribution < 1.29 is 4.42 Å². The summed E-state index contributed by atoms with van der Waals surface area (Å²) in [4.78, 5) is 7.76. The summed E-state index contributed by atoms with van der Waals surface area (Å²) < 4.78 is 6.68. The molecule has 11 heavy (non-hydrogen) atoms. The predicted molar refractivity (Wildman–Crippen MR) is 40.8 cm³/mol. The van der Waals surface area contributed by atoms with Gasteiger partial charge in [-0.05, 0) is 0 Å². The Hall–Kier alpha value is -0.580. The zero-order chi connectivity index (χ0) is 6.81. The van der Waals surface area contributed by atoms with Crippen LogP contribution in [0.3, 0.4) is 0 Å². The van der Waals surface area contributed by atoms with Crippen molar-refractivity contribution in [2.45, 2.75) is 0 Å². The van der Waals surface area contributed by atoms with Gasteiger partial charge in [0.1, 0.15) is 12.6 Å². The van der Waals surface area contributed by atoms with Crippen molar-refractivity contribution in [2.75, 3.05) is 0 Å². The summed E-state index contributed by atoms with van der Waals surface area (Å²) in [5, 5.41) is 0. The van der Waals surface area contributed by atoms with Crippen molar-refractivity contribution in [1.29, 1.82) is 0 Å². The van der Waals surface area contributed by atoms with Gasteiger partial charge < -0.3 is 4.42 Å². The number of nitrogens with zero attached hydrogens (tertiary/aromatic N) is 3. The summed E-state index contributed by atoms with van der Waals surface area (Å²) in [6, 6.07) is 0.539. The van der Waals surface area contributed by atoms with E-state index in [4.69, 9.17) is 4.42 Å². The van der Waals surface area contributed by atoms with Gasteiger partial charge in [0.05, 0.1) is 6.20 Å². The van der Waals surface area contributed by atoms with Crippen LogP contribution in [0.25, 0.3) is 6.01 Å². The second kappa shape index (κ2) is 3.71. The van der Waals surface area contributed by atoms with E-state index in [-0.39, 0.29) is 29.6 Å². The maximum atomic E-state index is 4.99. The van der Waals surface area contributed by atoms with Crippen molar-refractivity contribution in [3.63, 3.8) is 0 Å². The molecule has 2 rings (SSSR count). The molecule has 0 aromatic carbocycles. The number of rotatable bonds is 1. The Morgan fingerprint density at radius 3 is 2.82 bits per heavy atom. The topological polar surface area (TPSA) is 43.9 Å². The van der Waals surface area contributed by atoms with Gasteiger partial charge in [-0.25, -0.2) is 9.97 Å². The van der Waals surface area contributed by atoms with Gasteiger partial charge in [0.25, 0.3) is 0 Å². The molecule has 0 bridgehead atoms. The first kappa shape index (κ1) is 8.52. The fourth-order valence-electron chi connectivity index (χ4n) is 0.716. The van der Waals surface area contributed by atoms with Gasteiger partial charge in [0.15, 0.2) is 0 Å². The summed E-state index contributed by atoms with van der Waals surface area (Å²) >= 11 is 0. The molecule has 0 N–H and O–H groups in total. The fraction of sp³-hybridized carbons (Fsp3) is 0. The summed E-state index contributed by atoms with van der Waals surface area (Å²) in [6.45, 7) is 0. The second-order valence-corrected chi connectivity index (χ2v) is 1.78. The van der Waals surface area contributed by atoms with Gasteiger partial charge in [0, 0.05) is 12.4 Å². The van der Waals surface area contributed by atoms with Crippen LogP contribution < -0.4 is 0 Å². The van der Waals surface area contributed by atoms with E-state index in [2.05, 4.69) is 9.97 Å². The van der Waals surface area contributed by atoms with Gasteiger partial charge in [-0.3, -0.25) is 4.57 Å². The van der Waals surface area contributed by atoms with E-state index in [9.17, 15) is 0 Å². The SMILES string of the molecule is [NaH].c1cn(-c2ncco2)cn1. The minimum absolute atomic E-state index is 0. The van der Waals surface area contributed by atoms with Crippen LogP contribution in [0.1, 0.15) is 0 Å². The van der Waals surface area contributed by atoms with Crippen LogP contribution in [0.2, 0.25) is 0 Å². The molecule has 2 aromatic rings. The van der Waals surface area contributed by atoms with E-state index in [1.54, 1.807) is 29.5 Å². The van der Waals surface area contributed by atoms with Gasteiger partial charge >= 0.3 is 35.6 Å². The van der Waals surface area contributed by atoms with Crippen LogP contribution in [0, 0.1) is 0 Å². The number of hydrogen-bond donors (Lipinski definition) is 0. The zero-order valence-electron chi connectivity index (χ0n) is 5.14. The van der Waals surface area contributed by atoms with Crippen molar-refractivity contribution in [1.82, 2.24) is 14.5 Å². The number of hydrogen-bond acceptors (Lipinski definition) is 3. The monoisotopic (exact) mass is 159 g/mol. The predicted octanol–water partition coefficient (Wildman–Crippen LogP) is 0.212. The normalized spacial score (nSPS) is 9.09. The van der Waals surface area contributed by atoms with Crippen LogP contribution in [0.4, 0.5) is 0 Å². The molecule has 52 valence electrons. The van der Waals surface area contributed by atoms with Gasteiger partial charge in [-0.2, -0.15) is 0 Å². The maximum absolute atomic E-state index is 4.99. The average molecular weight is 159 g/mol. The van der Waals surface area contributed by atoms with Crippen LogP contribution in [-0.4, -0.2) is 44.1 Å². The van der Waals surface area contributed by atoms with E-state index in [1.807, 2.05) is 0 Å². The summed E-state index contributed by atoms with van der Waals surface area (Å²) in [7, 11) is 0. The minimum Gasteiger partial charge on any atom is -0.432 e. The van der Waals surface area contributed by atoms with Crippen molar-refractivity contribution >= 4 is 29.6 Å². The molecule has 0 saturated heterocycles. The largest absolute Gasteiger partial charge is 0.432 e. The van der Waals surface area contributed by atoms with Crippen LogP contribution in [-0.2, 0) is 0 Å². The molecular weight excluding hydrogens is 153 g/mol. The van der Waals surface area contributed by atoms with Crippen molar-refractivity contribution in [3.8, 4) is 6.01 Å². The molecule has 4 nitrogen and oxygen atoms in total. The molecule has 0 radical (unpaired) electrons. The smallest absolute Gasteiger partial charge is 0.306 e. The number of imidazole rings is 1. The molecule has 5 heteroatoms. The molecule has 0 atom stereocenters. The van der Waals surface area contributed by atoms with Crippen LogP contribution in [0.15, 0.2) is 35.6 Å². The first-order chi connectivity index (χ1) is 4.97. The van der Waals surface area contributed by atoms with Crippen molar-refractivity contribution in [3.05, 3.63) is 31.2 Å². The van der Waals surface area contributed by atoms with Gasteiger partial charge in [0.2, 0.25) is 0 Å². The molecule has 0 fully saturated rings. The average Bonchev–Trinajstić information content (AvgIpc) is 2.59. The Kier molecular flexibility index (Phi) is 2.87. The van der Waals surface area contributed by atoms with E-state index < -0.39 is 0 Å². The van der Waals surface area contributed by atoms with Crippen molar-refractivity contribution in [2.24, 2.45) is 0 Å². The van der Waals surface area contributed by atoms with E-state index in [0.717, 1.165) is 0 Å². The van der Waals surface area contributed by atoms with Crippen LogP contribution in [0.5, 0.6) is 0 Å². The maximum Gasteiger partial charge on any atom is 0.306 e. The number of oxazole rings is 1. The Balaban J connectivity index is 0.000000605. The third-order valence-corrected chi connectivity index (χ3v) is 1.14. The first-order valence-electron chi connectivity index (χ1n) is 2.84. The quantitative estimate of drug-likeness (QED) is 0.559. The molecule has 0 saturated carbocycles. The van der Waals surface area contributed by atoms with Gasteiger partial charge in [-0.15, -0.1) is 0 Å². The Labute approximate surface area is 85.6 Å². The first-order valence-corrected chi connectivity index (χ1v) is 2.84. The summed E-state index contributed by atoms with van der Waals surface area (Å²) in [5.74, 6) is 0. The molecular formula is C6H6N3NaO. The molecule has 2 aromatic heterocycles. The molecule has 2 heterocycles. The number of aromatic nitrogens is 3. The summed E-state index contributed by atoms with van der Waals surface area (Å²) in [5.41, 5.74) is 0. The second-order valence-electron chi connectivity index (χ2n) is 1.78. The zero-order valence-corrected chi connectivity index (χ0v) is 5.14. The van der Waals surface area contributed by atoms with Gasteiger partial charge in [-0.1, -0.05) is 0 Å². The Morgan fingerprint density at radius 2 is 2.27 bits per heavy atom. The van der Waals surface area contributed by atoms with Crippen LogP contribution >= 0.6 is 0 Å². The summed E-state index contributed by atoms with van der Waals surface area (Å²) in [6.07, 6.45) is 8.19. The molecule has 0 aliphatic carbocycles. The fourth-order valence-corrected chi connectivity index (χ4v) is 0.716. The molecule has 0 spiro atoms. The van der Waals surface area contributed by atoms with E-state index >= 15 is 0 Å².